The van der Waals surface area contributed by atoms with Gasteiger partial charge in [0.25, 0.3) is 0 Å². The number of hydrogen-bond acceptors (Lipinski definition) is 8. The maximum Gasteiger partial charge on any atom is 0.530 e. The minimum Gasteiger partial charge on any atom is -0.507 e. The van der Waals surface area contributed by atoms with Gasteiger partial charge in [-0.15, -0.1) is 0 Å². The van der Waals surface area contributed by atoms with Crippen LogP contribution in [0.2, 0.25) is 0 Å². The van der Waals surface area contributed by atoms with Crippen LogP contribution in [0.1, 0.15) is 11.1 Å². The Hall–Kier alpha value is -4.36. The molecule has 0 bridgehead atoms. The topological polar surface area (TPSA) is 104 Å². The summed E-state index contributed by atoms with van der Waals surface area (Å²) in [7, 11) is -2.65. The molecule has 0 fully saturated rings. The number of ether oxygens (including phenoxy) is 1. The van der Waals surface area contributed by atoms with Crippen molar-refractivity contribution in [3.8, 4) is 28.6 Å². The molecule has 0 amide bonds. The lowest BCUT2D eigenvalue weighted by atomic mass is 10.1. The largest absolute Gasteiger partial charge is 0.530 e. The van der Waals surface area contributed by atoms with Crippen LogP contribution in [0.25, 0.3) is 22.3 Å². The second-order valence-electron chi connectivity index (χ2n) is 8.58. The average Bonchev–Trinajstić information content (AvgIpc) is 2.96. The highest BCUT2D eigenvalue weighted by Crippen LogP contribution is 2.52. The summed E-state index contributed by atoms with van der Waals surface area (Å²) in [6.45, 7) is -0.0770. The summed E-state index contributed by atoms with van der Waals surface area (Å²) < 4.78 is 41.9. The smallest absolute Gasteiger partial charge is 0.507 e. The molecule has 4 aromatic carbocycles. The molecule has 0 spiro atoms. The SMILES string of the molecule is COc1ccc(-c2cc(=O)c3c(O)cc(OP(=O)(OCc4ccccc4)OCc4ccccc4)cc3o2)cc1. The third-order valence-electron chi connectivity index (χ3n) is 5.84. The van der Waals surface area contributed by atoms with Gasteiger partial charge in [0, 0.05) is 23.8 Å². The lowest BCUT2D eigenvalue weighted by Gasteiger charge is -2.19. The molecule has 1 heterocycles. The molecule has 0 unspecified atom stereocenters. The van der Waals surface area contributed by atoms with Crippen LogP contribution in [0.15, 0.2) is 112 Å². The van der Waals surface area contributed by atoms with E-state index in [-0.39, 0.29) is 35.7 Å². The minimum absolute atomic E-state index is 0.0372. The first-order valence-corrected chi connectivity index (χ1v) is 13.5. The number of aromatic hydroxyl groups is 1. The number of methoxy groups -OCH3 is 1. The van der Waals surface area contributed by atoms with Crippen molar-refractivity contribution in [2.45, 2.75) is 13.2 Å². The zero-order valence-corrected chi connectivity index (χ0v) is 21.9. The first kappa shape index (κ1) is 26.3. The molecule has 1 N–H and O–H groups in total. The second-order valence-corrected chi connectivity index (χ2v) is 10.2. The second kappa shape index (κ2) is 11.6. The van der Waals surface area contributed by atoms with Crippen LogP contribution in [-0.4, -0.2) is 12.2 Å². The summed E-state index contributed by atoms with van der Waals surface area (Å²) in [5.74, 6) is 0.474. The molecule has 1 aromatic heterocycles. The highest BCUT2D eigenvalue weighted by atomic mass is 31.2. The van der Waals surface area contributed by atoms with Gasteiger partial charge in [-0.05, 0) is 35.4 Å². The van der Waals surface area contributed by atoms with Gasteiger partial charge >= 0.3 is 7.82 Å². The van der Waals surface area contributed by atoms with Gasteiger partial charge in [-0.2, -0.15) is 0 Å². The van der Waals surface area contributed by atoms with Crippen molar-refractivity contribution < 1.29 is 32.4 Å². The van der Waals surface area contributed by atoms with E-state index in [0.717, 1.165) is 11.1 Å². The molecule has 0 aliphatic rings. The zero-order chi connectivity index (χ0) is 27.2. The predicted molar refractivity (Wildman–Crippen MR) is 147 cm³/mol. The van der Waals surface area contributed by atoms with Gasteiger partial charge in [0.15, 0.2) is 5.43 Å². The molecule has 8 nitrogen and oxygen atoms in total. The van der Waals surface area contributed by atoms with Crippen LogP contribution in [0.4, 0.5) is 0 Å². The van der Waals surface area contributed by atoms with Gasteiger partial charge in [0.2, 0.25) is 0 Å². The van der Waals surface area contributed by atoms with Crippen LogP contribution in [-0.2, 0) is 26.8 Å². The minimum atomic E-state index is -4.21. The molecule has 198 valence electrons. The average molecular weight is 544 g/mol. The fourth-order valence-electron chi connectivity index (χ4n) is 3.87. The Balaban J connectivity index is 1.47. The number of fused-ring (bicyclic) bond motifs is 1. The van der Waals surface area contributed by atoms with E-state index in [1.807, 2.05) is 60.7 Å². The molecular weight excluding hydrogens is 519 g/mol. The lowest BCUT2D eigenvalue weighted by molar-refractivity contribution is 0.143. The fourth-order valence-corrected chi connectivity index (χ4v) is 5.03. The van der Waals surface area contributed by atoms with Gasteiger partial charge < -0.3 is 18.8 Å². The molecule has 0 atom stereocenters. The fraction of sp³-hybridized carbons (Fsp3) is 0.100. The normalized spacial score (nSPS) is 11.4. The van der Waals surface area contributed by atoms with E-state index in [1.165, 1.54) is 18.2 Å². The highest BCUT2D eigenvalue weighted by Gasteiger charge is 2.30. The molecule has 0 aliphatic carbocycles. The standard InChI is InChI=1S/C30H25O8P/c1-34-24-14-12-23(13-15-24)28-18-27(32)30-26(31)16-25(17-29(30)37-28)38-39(33,35-19-21-8-4-2-5-9-21)36-20-22-10-6-3-7-11-22/h2-18,31H,19-20H2,1H3. The number of rotatable bonds is 10. The first-order valence-electron chi connectivity index (χ1n) is 12.0. The van der Waals surface area contributed by atoms with Crippen LogP contribution in [0, 0.1) is 0 Å². The molecule has 0 aliphatic heterocycles. The molecule has 0 radical (unpaired) electrons. The van der Waals surface area contributed by atoms with Crippen LogP contribution >= 0.6 is 7.82 Å². The van der Waals surface area contributed by atoms with Crippen molar-refractivity contribution in [2.24, 2.45) is 0 Å². The highest BCUT2D eigenvalue weighted by molar-refractivity contribution is 7.48. The lowest BCUT2D eigenvalue weighted by Crippen LogP contribution is -2.05. The monoisotopic (exact) mass is 544 g/mol. The summed E-state index contributed by atoms with van der Waals surface area (Å²) in [5, 5.41) is 10.6. The van der Waals surface area contributed by atoms with Gasteiger partial charge in [-0.1, -0.05) is 60.7 Å². The van der Waals surface area contributed by atoms with E-state index >= 15 is 0 Å². The molecule has 0 saturated carbocycles. The van der Waals surface area contributed by atoms with Crippen LogP contribution < -0.4 is 14.7 Å². The van der Waals surface area contributed by atoms with Crippen molar-refractivity contribution >= 4 is 18.8 Å². The van der Waals surface area contributed by atoms with E-state index in [0.29, 0.717) is 11.3 Å². The van der Waals surface area contributed by atoms with Gasteiger partial charge in [-0.25, -0.2) is 4.57 Å². The molecule has 0 saturated heterocycles. The molecule has 5 rings (SSSR count). The third kappa shape index (κ3) is 6.38. The van der Waals surface area contributed by atoms with Crippen molar-refractivity contribution in [2.75, 3.05) is 7.11 Å². The van der Waals surface area contributed by atoms with E-state index in [9.17, 15) is 14.5 Å². The van der Waals surface area contributed by atoms with E-state index in [4.69, 9.17) is 22.7 Å². The number of phosphoric ester groups is 1. The van der Waals surface area contributed by atoms with Crippen LogP contribution in [0.5, 0.6) is 17.2 Å². The molecule has 39 heavy (non-hydrogen) atoms. The number of phosphoric acid groups is 1. The maximum absolute atomic E-state index is 13.7. The third-order valence-corrected chi connectivity index (χ3v) is 7.16. The van der Waals surface area contributed by atoms with Gasteiger partial charge in [-0.3, -0.25) is 13.8 Å². The zero-order valence-electron chi connectivity index (χ0n) is 21.0. The summed E-state index contributed by atoms with van der Waals surface area (Å²) >= 11 is 0. The number of hydrogen-bond donors (Lipinski definition) is 1. The first-order chi connectivity index (χ1) is 18.9. The quantitative estimate of drug-likeness (QED) is 0.186. The van der Waals surface area contributed by atoms with Crippen molar-refractivity contribution in [1.82, 2.24) is 0 Å². The Kier molecular flexibility index (Phi) is 7.79. The Morgan fingerprint density at radius 2 is 1.36 bits per heavy atom. The Morgan fingerprint density at radius 1 is 0.769 bits per heavy atom. The Labute approximate surface area is 224 Å². The molecule has 5 aromatic rings. The van der Waals surface area contributed by atoms with Gasteiger partial charge in [0.1, 0.15) is 34.0 Å². The number of phenolic OH excluding ortho intramolecular Hbond substituents is 1. The van der Waals surface area contributed by atoms with Crippen molar-refractivity contribution in [3.05, 3.63) is 124 Å². The van der Waals surface area contributed by atoms with Crippen molar-refractivity contribution in [3.63, 3.8) is 0 Å². The Morgan fingerprint density at radius 3 is 1.92 bits per heavy atom. The Bertz CT molecular complexity index is 1620. The van der Waals surface area contributed by atoms with E-state index in [1.54, 1.807) is 31.4 Å². The predicted octanol–water partition coefficient (Wildman–Crippen LogP) is 7.09. The molecular formula is C30H25O8P. The van der Waals surface area contributed by atoms with E-state index < -0.39 is 19.0 Å². The number of phenols is 1. The summed E-state index contributed by atoms with van der Waals surface area (Å²) in [4.78, 5) is 12.8. The summed E-state index contributed by atoms with van der Waals surface area (Å²) in [5.41, 5.74) is 1.75. The molecule has 9 heteroatoms. The van der Waals surface area contributed by atoms with Gasteiger partial charge in [0.05, 0.1) is 20.3 Å². The summed E-state index contributed by atoms with van der Waals surface area (Å²) in [6.07, 6.45) is 0. The van der Waals surface area contributed by atoms with Crippen molar-refractivity contribution in [1.29, 1.82) is 0 Å². The maximum atomic E-state index is 13.7. The van der Waals surface area contributed by atoms with E-state index in [2.05, 4.69) is 0 Å². The van der Waals surface area contributed by atoms with Crippen LogP contribution in [0.3, 0.4) is 0 Å². The number of benzene rings is 4. The summed E-state index contributed by atoms with van der Waals surface area (Å²) in [6, 6.07) is 29.1.